The number of benzene rings is 1. The monoisotopic (exact) mass is 286 g/mol. The molecule has 0 heterocycles. The molecule has 1 aromatic carbocycles. The molecule has 0 aliphatic carbocycles. The fourth-order valence-corrected chi connectivity index (χ4v) is 1.55. The summed E-state index contributed by atoms with van der Waals surface area (Å²) in [5.41, 5.74) is 5.52. The van der Waals surface area contributed by atoms with Crippen molar-refractivity contribution in [1.29, 1.82) is 0 Å². The molecule has 0 spiro atoms. The molecule has 0 radical (unpaired) electrons. The van der Waals surface area contributed by atoms with Gasteiger partial charge in [-0.25, -0.2) is 4.39 Å². The highest BCUT2D eigenvalue weighted by molar-refractivity contribution is 9.10. The first-order chi connectivity index (χ1) is 7.66. The van der Waals surface area contributed by atoms with E-state index in [4.69, 9.17) is 5.73 Å². The van der Waals surface area contributed by atoms with Gasteiger partial charge in [0.15, 0.2) is 0 Å². The average Bonchev–Trinajstić information content (AvgIpc) is 2.28. The van der Waals surface area contributed by atoms with Gasteiger partial charge in [-0.1, -0.05) is 18.2 Å². The van der Waals surface area contributed by atoms with Crippen LogP contribution in [0.1, 0.15) is 10.4 Å². The van der Waals surface area contributed by atoms with Crippen LogP contribution in [0.5, 0.6) is 0 Å². The Labute approximate surface area is 102 Å². The van der Waals surface area contributed by atoms with Gasteiger partial charge >= 0.3 is 0 Å². The van der Waals surface area contributed by atoms with Gasteiger partial charge in [-0.3, -0.25) is 4.79 Å². The van der Waals surface area contributed by atoms with E-state index in [0.717, 1.165) is 0 Å². The molecule has 0 unspecified atom stereocenters. The number of rotatable bonds is 4. The number of nitrogens with one attached hydrogen (secondary N) is 1. The quantitative estimate of drug-likeness (QED) is 0.830. The van der Waals surface area contributed by atoms with Gasteiger partial charge in [0.2, 0.25) is 0 Å². The molecule has 3 nitrogen and oxygen atoms in total. The van der Waals surface area contributed by atoms with Gasteiger partial charge in [-0.2, -0.15) is 0 Å². The fraction of sp³-hybridized carbons (Fsp3) is 0.182. The third-order valence-corrected chi connectivity index (χ3v) is 2.69. The molecule has 0 saturated carbocycles. The minimum Gasteiger partial charge on any atom is -0.349 e. The summed E-state index contributed by atoms with van der Waals surface area (Å²) in [6, 6.07) is 4.33. The van der Waals surface area contributed by atoms with Gasteiger partial charge in [0, 0.05) is 13.1 Å². The van der Waals surface area contributed by atoms with Crippen molar-refractivity contribution >= 4 is 21.8 Å². The lowest BCUT2D eigenvalue weighted by molar-refractivity contribution is 0.0956. The molecule has 0 aliphatic rings. The molecular weight excluding hydrogens is 275 g/mol. The summed E-state index contributed by atoms with van der Waals surface area (Å²) in [4.78, 5) is 11.6. The van der Waals surface area contributed by atoms with Crippen LogP contribution in [0.2, 0.25) is 0 Å². The maximum Gasteiger partial charge on any atom is 0.252 e. The van der Waals surface area contributed by atoms with E-state index in [0.29, 0.717) is 13.1 Å². The number of hydrogen-bond acceptors (Lipinski definition) is 2. The smallest absolute Gasteiger partial charge is 0.252 e. The molecule has 1 aromatic rings. The predicted molar refractivity (Wildman–Crippen MR) is 64.6 cm³/mol. The van der Waals surface area contributed by atoms with Crippen LogP contribution in [-0.2, 0) is 0 Å². The zero-order chi connectivity index (χ0) is 12.0. The van der Waals surface area contributed by atoms with Crippen LogP contribution in [-0.4, -0.2) is 19.0 Å². The van der Waals surface area contributed by atoms with Crippen molar-refractivity contribution in [3.63, 3.8) is 0 Å². The van der Waals surface area contributed by atoms with Crippen LogP contribution in [0.4, 0.5) is 4.39 Å². The largest absolute Gasteiger partial charge is 0.349 e. The van der Waals surface area contributed by atoms with E-state index in [1.54, 1.807) is 18.2 Å². The number of carbonyl (C=O) groups excluding carboxylic acids is 1. The SMILES string of the molecule is NC/C=C/CNC(=O)c1cccc(F)c1Br. The van der Waals surface area contributed by atoms with Crippen LogP contribution < -0.4 is 11.1 Å². The number of carbonyl (C=O) groups is 1. The molecule has 0 fully saturated rings. The highest BCUT2D eigenvalue weighted by Gasteiger charge is 2.11. The standard InChI is InChI=1S/C11H12BrFN2O/c12-10-8(4-3-5-9(10)13)11(16)15-7-2-1-6-14/h1-5H,6-7,14H2,(H,15,16)/b2-1+. The summed E-state index contributed by atoms with van der Waals surface area (Å²) < 4.78 is 13.3. The average molecular weight is 287 g/mol. The lowest BCUT2D eigenvalue weighted by Crippen LogP contribution is -2.24. The summed E-state index contributed by atoms with van der Waals surface area (Å²) in [5.74, 6) is -0.779. The lowest BCUT2D eigenvalue weighted by Gasteiger charge is -2.05. The summed E-state index contributed by atoms with van der Waals surface area (Å²) in [6.45, 7) is 0.804. The molecule has 5 heteroatoms. The van der Waals surface area contributed by atoms with Crippen LogP contribution >= 0.6 is 15.9 Å². The number of amides is 1. The lowest BCUT2D eigenvalue weighted by atomic mass is 10.2. The van der Waals surface area contributed by atoms with Crippen molar-refractivity contribution in [2.75, 3.05) is 13.1 Å². The first-order valence-electron chi connectivity index (χ1n) is 4.74. The summed E-state index contributed by atoms with van der Waals surface area (Å²) in [5, 5.41) is 2.62. The normalized spacial score (nSPS) is 10.7. The molecule has 1 rings (SSSR count). The van der Waals surface area contributed by atoms with E-state index in [9.17, 15) is 9.18 Å². The predicted octanol–water partition coefficient (Wildman–Crippen LogP) is 1.83. The van der Waals surface area contributed by atoms with Crippen LogP contribution in [0.15, 0.2) is 34.8 Å². The molecule has 3 N–H and O–H groups in total. The zero-order valence-corrected chi connectivity index (χ0v) is 10.1. The molecule has 1 amide bonds. The Bertz CT molecular complexity index is 407. The molecule has 86 valence electrons. The topological polar surface area (TPSA) is 55.1 Å². The molecule has 0 aliphatic heterocycles. The van der Waals surface area contributed by atoms with E-state index in [-0.39, 0.29) is 15.9 Å². The first-order valence-corrected chi connectivity index (χ1v) is 5.53. The van der Waals surface area contributed by atoms with Crippen molar-refractivity contribution in [1.82, 2.24) is 5.32 Å². The third-order valence-electron chi connectivity index (χ3n) is 1.88. The molecule has 0 saturated heterocycles. The summed E-state index contributed by atoms with van der Waals surface area (Å²) >= 11 is 3.03. The minimum absolute atomic E-state index is 0.176. The second-order valence-electron chi connectivity index (χ2n) is 3.02. The summed E-state index contributed by atoms with van der Waals surface area (Å²) in [6.07, 6.45) is 3.48. The van der Waals surface area contributed by atoms with Gasteiger partial charge in [0.25, 0.3) is 5.91 Å². The van der Waals surface area contributed by atoms with Crippen LogP contribution in [0.25, 0.3) is 0 Å². The van der Waals surface area contributed by atoms with E-state index >= 15 is 0 Å². The van der Waals surface area contributed by atoms with E-state index in [1.807, 2.05) is 0 Å². The Balaban J connectivity index is 2.66. The van der Waals surface area contributed by atoms with Gasteiger partial charge in [-0.15, -0.1) is 0 Å². The van der Waals surface area contributed by atoms with Crippen molar-refractivity contribution in [3.8, 4) is 0 Å². The fourth-order valence-electron chi connectivity index (χ4n) is 1.11. The van der Waals surface area contributed by atoms with Crippen molar-refractivity contribution in [2.45, 2.75) is 0 Å². The van der Waals surface area contributed by atoms with E-state index in [1.165, 1.54) is 12.1 Å². The number of hydrogen-bond donors (Lipinski definition) is 2. The Morgan fingerprint density at radius 1 is 1.50 bits per heavy atom. The van der Waals surface area contributed by atoms with Gasteiger partial charge in [0.1, 0.15) is 5.82 Å². The van der Waals surface area contributed by atoms with E-state index in [2.05, 4.69) is 21.2 Å². The van der Waals surface area contributed by atoms with Gasteiger partial charge in [-0.05, 0) is 28.1 Å². The highest BCUT2D eigenvalue weighted by Crippen LogP contribution is 2.19. The third kappa shape index (κ3) is 3.43. The molecule has 0 aromatic heterocycles. The van der Waals surface area contributed by atoms with Crippen molar-refractivity contribution < 1.29 is 9.18 Å². The van der Waals surface area contributed by atoms with Gasteiger partial charge in [0.05, 0.1) is 10.0 Å². The molecular formula is C11H12BrFN2O. The zero-order valence-electron chi connectivity index (χ0n) is 8.54. The Kier molecular flexibility index (Phi) is 5.14. The van der Waals surface area contributed by atoms with Crippen LogP contribution in [0, 0.1) is 5.82 Å². The molecule has 0 atom stereocenters. The molecule has 16 heavy (non-hydrogen) atoms. The highest BCUT2D eigenvalue weighted by atomic mass is 79.9. The first kappa shape index (κ1) is 12.9. The second-order valence-corrected chi connectivity index (χ2v) is 3.81. The van der Waals surface area contributed by atoms with Crippen molar-refractivity contribution in [3.05, 3.63) is 46.2 Å². The molecule has 0 bridgehead atoms. The van der Waals surface area contributed by atoms with E-state index < -0.39 is 5.82 Å². The number of nitrogens with two attached hydrogens (primary N) is 1. The summed E-state index contributed by atoms with van der Waals surface area (Å²) in [7, 11) is 0. The number of halogens is 2. The maximum atomic E-state index is 13.1. The Hall–Kier alpha value is -1.20. The second kappa shape index (κ2) is 6.40. The Morgan fingerprint density at radius 2 is 2.25 bits per heavy atom. The minimum atomic E-state index is -0.454. The van der Waals surface area contributed by atoms with Crippen LogP contribution in [0.3, 0.4) is 0 Å². The van der Waals surface area contributed by atoms with Gasteiger partial charge < -0.3 is 11.1 Å². The maximum absolute atomic E-state index is 13.1. The Morgan fingerprint density at radius 3 is 2.94 bits per heavy atom. The van der Waals surface area contributed by atoms with Crippen molar-refractivity contribution in [2.24, 2.45) is 5.73 Å².